The predicted octanol–water partition coefficient (Wildman–Crippen LogP) is 2.14. The Kier molecular flexibility index (Phi) is 6.24. The molecule has 1 atom stereocenters. The van der Waals surface area contributed by atoms with Crippen molar-refractivity contribution < 1.29 is 50.9 Å². The Hall–Kier alpha value is -3.94. The van der Waals surface area contributed by atoms with Crippen molar-refractivity contribution in [2.45, 2.75) is 35.8 Å². The second kappa shape index (κ2) is 8.93. The lowest BCUT2D eigenvalue weighted by atomic mass is 9.88. The van der Waals surface area contributed by atoms with Gasteiger partial charge in [-0.15, -0.1) is 13.2 Å². The number of nitrogens with one attached hydrogen (secondary N) is 1. The second-order valence-corrected chi connectivity index (χ2v) is 10.3. The van der Waals surface area contributed by atoms with Crippen molar-refractivity contribution in [1.29, 1.82) is 0 Å². The Morgan fingerprint density at radius 2 is 1.86 bits per heavy atom. The summed E-state index contributed by atoms with van der Waals surface area (Å²) in [5.74, 6) is -4.78. The average Bonchev–Trinajstić information content (AvgIpc) is 3.14. The highest BCUT2D eigenvalue weighted by molar-refractivity contribution is 7.92. The first-order valence-corrected chi connectivity index (χ1v) is 11.9. The Morgan fingerprint density at radius 3 is 2.47 bits per heavy atom. The maximum absolute atomic E-state index is 13.1. The predicted molar refractivity (Wildman–Crippen MR) is 116 cm³/mol. The number of aliphatic hydroxyl groups is 1. The summed E-state index contributed by atoms with van der Waals surface area (Å²) >= 11 is 0. The van der Waals surface area contributed by atoms with Crippen molar-refractivity contribution in [2.24, 2.45) is 4.99 Å². The highest BCUT2D eigenvalue weighted by Gasteiger charge is 2.41. The van der Waals surface area contributed by atoms with Crippen LogP contribution >= 0.6 is 0 Å². The molecule has 1 aromatic rings. The number of fused-ring (bicyclic) bond motifs is 2. The van der Waals surface area contributed by atoms with E-state index in [1.165, 1.54) is 6.08 Å². The molecule has 0 aromatic heterocycles. The number of hydrogen-bond acceptors (Lipinski definition) is 7. The quantitative estimate of drug-likeness (QED) is 0.476. The number of amides is 2. The number of carbonyl (C=O) groups excluding carboxylic acids is 2. The SMILES string of the molecule is O=C(O)CNC(=O)C1=C(O)C2=C3CCC(S(=O)(=O)c4ccc(OC(F)(F)F)cc4)CC3=CC2=NC1=O. The third kappa shape index (κ3) is 4.76. The van der Waals surface area contributed by atoms with Gasteiger partial charge in [0.15, 0.2) is 9.84 Å². The number of carbonyl (C=O) groups is 3. The Balaban J connectivity index is 1.58. The van der Waals surface area contributed by atoms with Gasteiger partial charge in [-0.2, -0.15) is 0 Å². The summed E-state index contributed by atoms with van der Waals surface area (Å²) in [4.78, 5) is 38.8. The summed E-state index contributed by atoms with van der Waals surface area (Å²) in [5, 5.41) is 20.4. The Morgan fingerprint density at radius 1 is 1.19 bits per heavy atom. The minimum atomic E-state index is -4.92. The smallest absolute Gasteiger partial charge is 0.506 e. The fraction of sp³-hybridized carbons (Fsp3) is 0.273. The van der Waals surface area contributed by atoms with Gasteiger partial charge in [0, 0.05) is 5.57 Å². The van der Waals surface area contributed by atoms with E-state index in [4.69, 9.17) is 5.11 Å². The third-order valence-electron chi connectivity index (χ3n) is 5.78. The van der Waals surface area contributed by atoms with Gasteiger partial charge in [-0.1, -0.05) is 0 Å². The van der Waals surface area contributed by atoms with Crippen LogP contribution in [0.4, 0.5) is 13.2 Å². The first-order chi connectivity index (χ1) is 16.8. The largest absolute Gasteiger partial charge is 0.573 e. The summed E-state index contributed by atoms with van der Waals surface area (Å²) in [6, 6.07) is 3.85. The molecule has 2 amide bonds. The van der Waals surface area contributed by atoms with E-state index < -0.39 is 62.9 Å². The Labute approximate surface area is 201 Å². The summed E-state index contributed by atoms with van der Waals surface area (Å²) < 4.78 is 67.1. The molecule has 3 aliphatic rings. The molecule has 0 radical (unpaired) electrons. The zero-order chi connectivity index (χ0) is 26.4. The van der Waals surface area contributed by atoms with Crippen molar-refractivity contribution in [1.82, 2.24) is 5.32 Å². The molecule has 1 saturated carbocycles. The van der Waals surface area contributed by atoms with E-state index in [9.17, 15) is 41.1 Å². The summed E-state index contributed by atoms with van der Waals surface area (Å²) in [7, 11) is -3.96. The van der Waals surface area contributed by atoms with Crippen LogP contribution in [-0.2, 0) is 24.2 Å². The van der Waals surface area contributed by atoms with Crippen LogP contribution in [-0.4, -0.2) is 60.3 Å². The van der Waals surface area contributed by atoms with Gasteiger partial charge >= 0.3 is 12.3 Å². The number of aliphatic carboxylic acids is 1. The molecule has 190 valence electrons. The Bertz CT molecular complexity index is 1400. The molecule has 0 spiro atoms. The number of alkyl halides is 3. The van der Waals surface area contributed by atoms with E-state index in [1.54, 1.807) is 0 Å². The van der Waals surface area contributed by atoms with E-state index in [0.29, 0.717) is 11.1 Å². The van der Waals surface area contributed by atoms with Crippen LogP contribution in [0.15, 0.2) is 68.3 Å². The van der Waals surface area contributed by atoms with E-state index in [-0.39, 0.29) is 35.4 Å². The van der Waals surface area contributed by atoms with Gasteiger partial charge < -0.3 is 20.3 Å². The molecule has 0 bridgehead atoms. The van der Waals surface area contributed by atoms with Crippen LogP contribution in [0.3, 0.4) is 0 Å². The third-order valence-corrected chi connectivity index (χ3v) is 7.99. The van der Waals surface area contributed by atoms with Crippen LogP contribution in [0.25, 0.3) is 0 Å². The number of benzene rings is 1. The van der Waals surface area contributed by atoms with E-state index in [0.717, 1.165) is 24.3 Å². The molecule has 1 aliphatic heterocycles. The number of allylic oxidation sites excluding steroid dienone is 4. The maximum atomic E-state index is 13.1. The minimum absolute atomic E-state index is 0.0248. The number of carboxylic acids is 1. The summed E-state index contributed by atoms with van der Waals surface area (Å²) in [6.45, 7) is -0.780. The highest BCUT2D eigenvalue weighted by atomic mass is 32.2. The number of hydrogen-bond donors (Lipinski definition) is 3. The number of carboxylic acid groups (broad SMARTS) is 1. The number of nitrogens with zero attached hydrogens (tertiary/aromatic N) is 1. The lowest BCUT2D eigenvalue weighted by Gasteiger charge is -2.26. The summed E-state index contributed by atoms with van der Waals surface area (Å²) in [5.41, 5.74) is 0.432. The number of dihydropyridines is 1. The number of aliphatic imine (C=N–C) groups is 1. The van der Waals surface area contributed by atoms with Gasteiger partial charge in [0.25, 0.3) is 11.8 Å². The molecule has 3 N–H and O–H groups in total. The molecule has 1 fully saturated rings. The van der Waals surface area contributed by atoms with Gasteiger partial charge in [-0.25, -0.2) is 13.4 Å². The summed E-state index contributed by atoms with van der Waals surface area (Å²) in [6.07, 6.45) is -3.27. The van der Waals surface area contributed by atoms with Crippen LogP contribution in [0.2, 0.25) is 0 Å². The molecule has 0 saturated heterocycles. The topological polar surface area (TPSA) is 159 Å². The van der Waals surface area contributed by atoms with Crippen molar-refractivity contribution in [3.8, 4) is 5.75 Å². The van der Waals surface area contributed by atoms with Crippen molar-refractivity contribution in [3.05, 3.63) is 58.4 Å². The van der Waals surface area contributed by atoms with E-state index >= 15 is 0 Å². The monoisotopic (exact) mass is 526 g/mol. The van der Waals surface area contributed by atoms with Crippen molar-refractivity contribution >= 4 is 33.3 Å². The normalized spacial score (nSPS) is 19.9. The molecule has 2 aliphatic carbocycles. The number of sulfone groups is 1. The molecule has 1 heterocycles. The molecule has 36 heavy (non-hydrogen) atoms. The minimum Gasteiger partial charge on any atom is -0.506 e. The molecule has 1 unspecified atom stereocenters. The lowest BCUT2D eigenvalue weighted by molar-refractivity contribution is -0.274. The molecule has 14 heteroatoms. The maximum Gasteiger partial charge on any atom is 0.573 e. The standard InChI is InChI=1S/C22H17F3N2O8S/c23-22(24,25)35-11-1-3-12(4-2-11)36(33,34)13-5-6-14-10(7-13)8-15-17(14)19(30)18(21(32)27-15)20(31)26-9-16(28)29/h1-4,8,13,30H,5-7,9H2,(H,26,31)(H,28,29). The molecule has 4 rings (SSSR count). The van der Waals surface area contributed by atoms with Crippen LogP contribution in [0.5, 0.6) is 5.75 Å². The lowest BCUT2D eigenvalue weighted by Crippen LogP contribution is -2.35. The fourth-order valence-corrected chi connectivity index (χ4v) is 5.97. The van der Waals surface area contributed by atoms with Crippen LogP contribution in [0.1, 0.15) is 19.3 Å². The highest BCUT2D eigenvalue weighted by Crippen LogP contribution is 2.43. The van der Waals surface area contributed by atoms with Crippen molar-refractivity contribution in [3.63, 3.8) is 0 Å². The number of rotatable bonds is 6. The van der Waals surface area contributed by atoms with Gasteiger partial charge in [0.2, 0.25) is 0 Å². The van der Waals surface area contributed by atoms with Crippen molar-refractivity contribution in [2.75, 3.05) is 6.54 Å². The van der Waals surface area contributed by atoms with Crippen LogP contribution < -0.4 is 10.1 Å². The first kappa shape index (κ1) is 25.2. The molecule has 10 nitrogen and oxygen atoms in total. The first-order valence-electron chi connectivity index (χ1n) is 10.4. The average molecular weight is 526 g/mol. The zero-order valence-corrected chi connectivity index (χ0v) is 18.9. The van der Waals surface area contributed by atoms with Gasteiger partial charge in [-0.05, 0) is 60.8 Å². The van der Waals surface area contributed by atoms with E-state index in [2.05, 4.69) is 9.73 Å². The van der Waals surface area contributed by atoms with Gasteiger partial charge in [0.1, 0.15) is 23.6 Å². The van der Waals surface area contributed by atoms with E-state index in [1.807, 2.05) is 5.32 Å². The number of halogens is 3. The second-order valence-electron chi connectivity index (χ2n) is 8.05. The molecular weight excluding hydrogens is 509 g/mol. The van der Waals surface area contributed by atoms with Crippen LogP contribution in [0, 0.1) is 0 Å². The fourth-order valence-electron chi connectivity index (χ4n) is 4.24. The number of ether oxygens (including phenoxy) is 1. The van der Waals surface area contributed by atoms with Gasteiger partial charge in [-0.3, -0.25) is 14.4 Å². The molecule has 1 aromatic carbocycles. The molecular formula is C22H17F3N2O8S. The van der Waals surface area contributed by atoms with Gasteiger partial charge in [0.05, 0.1) is 15.9 Å². The zero-order valence-electron chi connectivity index (χ0n) is 18.1. The number of aliphatic hydroxyl groups excluding tert-OH is 1.